The lowest BCUT2D eigenvalue weighted by molar-refractivity contribution is -0.109. The Morgan fingerprint density at radius 2 is 2.33 bits per heavy atom. The van der Waals surface area contributed by atoms with E-state index in [1.165, 1.54) is 13.0 Å². The standard InChI is InChI=1S/C11H9FO2S/c1-8(13)15-6-2-3-9-7-10(12)4-5-11(9)14/h4-5,7,14H,6H2,1H3. The van der Waals surface area contributed by atoms with E-state index in [1.807, 2.05) is 0 Å². The summed E-state index contributed by atoms with van der Waals surface area (Å²) in [4.78, 5) is 10.6. The molecule has 0 aromatic heterocycles. The molecule has 1 aromatic rings. The van der Waals surface area contributed by atoms with Gasteiger partial charge in [-0.15, -0.1) is 0 Å². The number of phenolic OH excluding ortho intramolecular Hbond substituents is 1. The summed E-state index contributed by atoms with van der Waals surface area (Å²) in [7, 11) is 0. The van der Waals surface area contributed by atoms with Crippen LogP contribution in [0.1, 0.15) is 12.5 Å². The van der Waals surface area contributed by atoms with E-state index >= 15 is 0 Å². The van der Waals surface area contributed by atoms with Crippen LogP contribution >= 0.6 is 11.8 Å². The van der Waals surface area contributed by atoms with Crippen molar-refractivity contribution in [2.45, 2.75) is 6.92 Å². The molecule has 0 aliphatic carbocycles. The lowest BCUT2D eigenvalue weighted by Gasteiger charge is -1.95. The molecule has 2 nitrogen and oxygen atoms in total. The van der Waals surface area contributed by atoms with Crippen molar-refractivity contribution in [1.82, 2.24) is 0 Å². The summed E-state index contributed by atoms with van der Waals surface area (Å²) in [5.74, 6) is 5.09. The second kappa shape index (κ2) is 5.42. The monoisotopic (exact) mass is 224 g/mol. The van der Waals surface area contributed by atoms with Crippen LogP contribution in [0.4, 0.5) is 4.39 Å². The lowest BCUT2D eigenvalue weighted by atomic mass is 10.2. The van der Waals surface area contributed by atoms with Crippen LogP contribution in [0.5, 0.6) is 5.75 Å². The van der Waals surface area contributed by atoms with Crippen molar-refractivity contribution in [3.8, 4) is 17.6 Å². The molecule has 0 spiro atoms. The molecule has 0 atom stereocenters. The van der Waals surface area contributed by atoms with Crippen LogP contribution in [0.2, 0.25) is 0 Å². The van der Waals surface area contributed by atoms with Gasteiger partial charge in [0, 0.05) is 6.92 Å². The summed E-state index contributed by atoms with van der Waals surface area (Å²) in [5, 5.41) is 9.28. The minimum atomic E-state index is -0.448. The second-order valence-electron chi connectivity index (χ2n) is 2.74. The zero-order chi connectivity index (χ0) is 11.3. The van der Waals surface area contributed by atoms with E-state index in [0.717, 1.165) is 23.9 Å². The minimum absolute atomic E-state index is 0.0206. The topological polar surface area (TPSA) is 37.3 Å². The molecule has 0 heterocycles. The van der Waals surface area contributed by atoms with Gasteiger partial charge in [-0.05, 0) is 18.2 Å². The number of carbonyl (C=O) groups is 1. The highest BCUT2D eigenvalue weighted by Gasteiger charge is 1.98. The smallest absolute Gasteiger partial charge is 0.186 e. The fourth-order valence-corrected chi connectivity index (χ4v) is 1.23. The summed E-state index contributed by atoms with van der Waals surface area (Å²) in [6, 6.07) is 3.56. The normalized spacial score (nSPS) is 9.20. The molecule has 0 saturated carbocycles. The van der Waals surface area contributed by atoms with Gasteiger partial charge < -0.3 is 5.11 Å². The second-order valence-corrected chi connectivity index (χ2v) is 3.90. The first-order chi connectivity index (χ1) is 7.09. The quantitative estimate of drug-likeness (QED) is 0.743. The molecule has 0 saturated heterocycles. The number of aromatic hydroxyl groups is 1. The summed E-state index contributed by atoms with van der Waals surface area (Å²) >= 11 is 1.07. The Labute approximate surface area is 91.5 Å². The molecule has 1 N–H and O–H groups in total. The number of thioether (sulfide) groups is 1. The Balaban J connectivity index is 2.71. The van der Waals surface area contributed by atoms with Gasteiger partial charge in [-0.3, -0.25) is 4.79 Å². The maximum absolute atomic E-state index is 12.7. The van der Waals surface area contributed by atoms with Crippen molar-refractivity contribution in [1.29, 1.82) is 0 Å². The highest BCUT2D eigenvalue weighted by atomic mass is 32.2. The van der Waals surface area contributed by atoms with Crippen molar-refractivity contribution >= 4 is 16.9 Å². The summed E-state index contributed by atoms with van der Waals surface area (Å²) in [5.41, 5.74) is 0.235. The van der Waals surface area contributed by atoms with E-state index < -0.39 is 5.82 Å². The van der Waals surface area contributed by atoms with Crippen LogP contribution in [0.25, 0.3) is 0 Å². The fraction of sp³-hybridized carbons (Fsp3) is 0.182. The molecule has 0 aliphatic heterocycles. The van der Waals surface area contributed by atoms with Crippen molar-refractivity contribution in [3.63, 3.8) is 0 Å². The zero-order valence-corrected chi connectivity index (χ0v) is 8.90. The first-order valence-electron chi connectivity index (χ1n) is 4.20. The van der Waals surface area contributed by atoms with Gasteiger partial charge in [-0.25, -0.2) is 4.39 Å². The van der Waals surface area contributed by atoms with Gasteiger partial charge >= 0.3 is 0 Å². The molecule has 0 bridgehead atoms. The van der Waals surface area contributed by atoms with Gasteiger partial charge in [0.1, 0.15) is 11.6 Å². The van der Waals surface area contributed by atoms with Gasteiger partial charge in [0.2, 0.25) is 0 Å². The van der Waals surface area contributed by atoms with Crippen LogP contribution in [0.3, 0.4) is 0 Å². The Kier molecular flexibility index (Phi) is 4.19. The summed E-state index contributed by atoms with van der Waals surface area (Å²) in [6.45, 7) is 1.45. The Morgan fingerprint density at radius 1 is 1.60 bits per heavy atom. The van der Waals surface area contributed by atoms with Crippen LogP contribution in [0.15, 0.2) is 18.2 Å². The number of halogens is 1. The number of benzene rings is 1. The summed E-state index contributed by atoms with van der Waals surface area (Å²) in [6.07, 6.45) is 0. The van der Waals surface area contributed by atoms with E-state index in [2.05, 4.69) is 11.8 Å². The Morgan fingerprint density at radius 3 is 3.00 bits per heavy atom. The van der Waals surface area contributed by atoms with Crippen LogP contribution in [-0.4, -0.2) is 16.0 Å². The third-order valence-corrected chi connectivity index (χ3v) is 2.22. The number of phenols is 1. The average Bonchev–Trinajstić information content (AvgIpc) is 2.17. The molecule has 1 aromatic carbocycles. The van der Waals surface area contributed by atoms with Crippen LogP contribution in [0, 0.1) is 17.7 Å². The Hall–Kier alpha value is -1.47. The van der Waals surface area contributed by atoms with Gasteiger partial charge in [-0.1, -0.05) is 23.6 Å². The third kappa shape index (κ3) is 4.05. The van der Waals surface area contributed by atoms with Crippen LogP contribution in [-0.2, 0) is 4.79 Å². The summed E-state index contributed by atoms with van der Waals surface area (Å²) < 4.78 is 12.7. The highest BCUT2D eigenvalue weighted by Crippen LogP contribution is 2.16. The number of rotatable bonds is 1. The first-order valence-corrected chi connectivity index (χ1v) is 5.19. The molecule has 78 valence electrons. The van der Waals surface area contributed by atoms with E-state index in [4.69, 9.17) is 0 Å². The lowest BCUT2D eigenvalue weighted by Crippen LogP contribution is -1.83. The molecular formula is C11H9FO2S. The molecule has 0 unspecified atom stereocenters. The van der Waals surface area contributed by atoms with Gasteiger partial charge in [-0.2, -0.15) is 0 Å². The highest BCUT2D eigenvalue weighted by molar-refractivity contribution is 8.13. The molecule has 0 fully saturated rings. The van der Waals surface area contributed by atoms with Crippen molar-refractivity contribution in [3.05, 3.63) is 29.6 Å². The molecule has 4 heteroatoms. The number of carbonyl (C=O) groups excluding carboxylic acids is 1. The first kappa shape index (κ1) is 11.6. The minimum Gasteiger partial charge on any atom is -0.507 e. The molecule has 1 rings (SSSR count). The molecule has 0 aliphatic rings. The van der Waals surface area contributed by atoms with Gasteiger partial charge in [0.25, 0.3) is 0 Å². The van der Waals surface area contributed by atoms with E-state index in [0.29, 0.717) is 5.75 Å². The number of hydrogen-bond donors (Lipinski definition) is 1. The number of hydrogen-bond acceptors (Lipinski definition) is 3. The molecule has 0 amide bonds. The maximum Gasteiger partial charge on any atom is 0.186 e. The van der Waals surface area contributed by atoms with E-state index in [-0.39, 0.29) is 16.4 Å². The maximum atomic E-state index is 12.7. The molecular weight excluding hydrogens is 215 g/mol. The molecule has 0 radical (unpaired) electrons. The van der Waals surface area contributed by atoms with Gasteiger partial charge in [0.15, 0.2) is 5.12 Å². The SMILES string of the molecule is CC(=O)SCC#Cc1cc(F)ccc1O. The van der Waals surface area contributed by atoms with Crippen molar-refractivity contribution in [2.24, 2.45) is 0 Å². The van der Waals surface area contributed by atoms with E-state index in [1.54, 1.807) is 0 Å². The predicted octanol–water partition coefficient (Wildman–Crippen LogP) is 2.16. The van der Waals surface area contributed by atoms with Crippen LogP contribution < -0.4 is 0 Å². The van der Waals surface area contributed by atoms with Crippen molar-refractivity contribution in [2.75, 3.05) is 5.75 Å². The van der Waals surface area contributed by atoms with E-state index in [9.17, 15) is 14.3 Å². The Bertz CT molecular complexity index is 432. The fourth-order valence-electron chi connectivity index (χ4n) is 0.877. The average molecular weight is 224 g/mol. The molecule has 15 heavy (non-hydrogen) atoms. The predicted molar refractivity (Wildman–Crippen MR) is 58.1 cm³/mol. The van der Waals surface area contributed by atoms with Crippen molar-refractivity contribution < 1.29 is 14.3 Å². The third-order valence-electron chi connectivity index (χ3n) is 1.53. The zero-order valence-electron chi connectivity index (χ0n) is 8.08. The largest absolute Gasteiger partial charge is 0.507 e. The van der Waals surface area contributed by atoms with Gasteiger partial charge in [0.05, 0.1) is 11.3 Å².